The third-order valence-corrected chi connectivity index (χ3v) is 3.86. The smallest absolute Gasteiger partial charge is 0.0149 e. The SMILES string of the molecule is C[C@H]1C=CSC1CCCC(C)(C)N. The summed E-state index contributed by atoms with van der Waals surface area (Å²) in [5.74, 6) is 0.755. The Bertz CT molecular complexity index is 181. The van der Waals surface area contributed by atoms with Crippen molar-refractivity contribution >= 4 is 11.8 Å². The topological polar surface area (TPSA) is 26.0 Å². The minimum Gasteiger partial charge on any atom is -0.326 e. The normalized spacial score (nSPS) is 28.3. The first-order valence-electron chi connectivity index (χ1n) is 5.10. The molecular formula is C11H21NS. The molecule has 0 saturated carbocycles. The molecule has 13 heavy (non-hydrogen) atoms. The molecule has 1 rings (SSSR count). The predicted octanol–water partition coefficient (Wildman–Crippen LogP) is 3.16. The third kappa shape index (κ3) is 4.19. The van der Waals surface area contributed by atoms with Crippen molar-refractivity contribution in [2.75, 3.05) is 0 Å². The fourth-order valence-corrected chi connectivity index (χ4v) is 2.79. The molecule has 0 fully saturated rings. The van der Waals surface area contributed by atoms with Gasteiger partial charge in [0.15, 0.2) is 0 Å². The number of hydrogen-bond donors (Lipinski definition) is 1. The van der Waals surface area contributed by atoms with Crippen molar-refractivity contribution in [3.8, 4) is 0 Å². The second-order valence-electron chi connectivity index (χ2n) is 4.74. The molecule has 0 aromatic heterocycles. The van der Waals surface area contributed by atoms with E-state index in [9.17, 15) is 0 Å². The second-order valence-corrected chi connectivity index (χ2v) is 5.89. The predicted molar refractivity (Wildman–Crippen MR) is 61.8 cm³/mol. The second kappa shape index (κ2) is 4.52. The van der Waals surface area contributed by atoms with Crippen LogP contribution in [0.25, 0.3) is 0 Å². The van der Waals surface area contributed by atoms with Gasteiger partial charge in [0.2, 0.25) is 0 Å². The van der Waals surface area contributed by atoms with Gasteiger partial charge in [-0.05, 0) is 38.0 Å². The van der Waals surface area contributed by atoms with Gasteiger partial charge in [-0.25, -0.2) is 0 Å². The lowest BCUT2D eigenvalue weighted by molar-refractivity contribution is 0.440. The van der Waals surface area contributed by atoms with Crippen molar-refractivity contribution < 1.29 is 0 Å². The lowest BCUT2D eigenvalue weighted by atomic mass is 9.95. The molecule has 1 nitrogen and oxygen atoms in total. The molecule has 2 N–H and O–H groups in total. The standard InChI is InChI=1S/C11H21NS/c1-9-6-8-13-10(9)5-4-7-11(2,3)12/h6,8-10H,4-5,7,12H2,1-3H3/t9-,10?/m0/s1. The molecule has 0 saturated heterocycles. The van der Waals surface area contributed by atoms with E-state index in [1.807, 2.05) is 11.8 Å². The minimum absolute atomic E-state index is 0.0138. The highest BCUT2D eigenvalue weighted by molar-refractivity contribution is 8.03. The number of allylic oxidation sites excluding steroid dienone is 1. The third-order valence-electron chi connectivity index (χ3n) is 2.53. The van der Waals surface area contributed by atoms with Gasteiger partial charge < -0.3 is 5.73 Å². The molecule has 1 heterocycles. The molecular weight excluding hydrogens is 178 g/mol. The molecule has 0 amide bonds. The molecule has 2 atom stereocenters. The van der Waals surface area contributed by atoms with Crippen molar-refractivity contribution in [1.82, 2.24) is 0 Å². The largest absolute Gasteiger partial charge is 0.326 e. The van der Waals surface area contributed by atoms with Crippen LogP contribution in [0.4, 0.5) is 0 Å². The number of thioether (sulfide) groups is 1. The van der Waals surface area contributed by atoms with Crippen LogP contribution >= 0.6 is 11.8 Å². The lowest BCUT2D eigenvalue weighted by Crippen LogP contribution is -2.31. The van der Waals surface area contributed by atoms with E-state index in [0.29, 0.717) is 0 Å². The lowest BCUT2D eigenvalue weighted by Gasteiger charge is -2.20. The van der Waals surface area contributed by atoms with E-state index in [4.69, 9.17) is 5.73 Å². The Balaban J connectivity index is 2.13. The average molecular weight is 199 g/mol. The Kier molecular flexibility index (Phi) is 3.87. The first kappa shape index (κ1) is 11.1. The summed E-state index contributed by atoms with van der Waals surface area (Å²) in [5, 5.41) is 3.05. The maximum absolute atomic E-state index is 5.93. The van der Waals surface area contributed by atoms with Gasteiger partial charge in [-0.2, -0.15) is 0 Å². The van der Waals surface area contributed by atoms with Gasteiger partial charge in [0.1, 0.15) is 0 Å². The van der Waals surface area contributed by atoms with E-state index in [0.717, 1.165) is 17.6 Å². The van der Waals surface area contributed by atoms with Crippen LogP contribution in [-0.4, -0.2) is 10.8 Å². The summed E-state index contributed by atoms with van der Waals surface area (Å²) in [4.78, 5) is 0. The summed E-state index contributed by atoms with van der Waals surface area (Å²) < 4.78 is 0. The summed E-state index contributed by atoms with van der Waals surface area (Å²) in [6, 6.07) is 0. The van der Waals surface area contributed by atoms with E-state index in [-0.39, 0.29) is 5.54 Å². The molecule has 0 aromatic rings. The van der Waals surface area contributed by atoms with Crippen molar-refractivity contribution in [1.29, 1.82) is 0 Å². The van der Waals surface area contributed by atoms with E-state index in [1.54, 1.807) is 0 Å². The van der Waals surface area contributed by atoms with Crippen LogP contribution in [0.1, 0.15) is 40.0 Å². The van der Waals surface area contributed by atoms with Crippen LogP contribution in [0.15, 0.2) is 11.5 Å². The van der Waals surface area contributed by atoms with Gasteiger partial charge in [0.05, 0.1) is 0 Å². The van der Waals surface area contributed by atoms with E-state index in [2.05, 4.69) is 32.3 Å². The van der Waals surface area contributed by atoms with Crippen LogP contribution < -0.4 is 5.73 Å². The summed E-state index contributed by atoms with van der Waals surface area (Å²) in [5.41, 5.74) is 5.95. The minimum atomic E-state index is 0.0138. The number of hydrogen-bond acceptors (Lipinski definition) is 2. The first-order valence-corrected chi connectivity index (χ1v) is 6.04. The van der Waals surface area contributed by atoms with Crippen molar-refractivity contribution in [3.05, 3.63) is 11.5 Å². The van der Waals surface area contributed by atoms with Gasteiger partial charge in [-0.15, -0.1) is 11.8 Å². The van der Waals surface area contributed by atoms with Crippen molar-refractivity contribution in [2.45, 2.75) is 50.8 Å². The highest BCUT2D eigenvalue weighted by Gasteiger charge is 2.20. The van der Waals surface area contributed by atoms with Crippen molar-refractivity contribution in [2.24, 2.45) is 11.7 Å². The Morgan fingerprint density at radius 1 is 1.46 bits per heavy atom. The Morgan fingerprint density at radius 2 is 2.15 bits per heavy atom. The van der Waals surface area contributed by atoms with Gasteiger partial charge >= 0.3 is 0 Å². The van der Waals surface area contributed by atoms with E-state index in [1.165, 1.54) is 12.8 Å². The molecule has 0 bridgehead atoms. The van der Waals surface area contributed by atoms with Crippen LogP contribution in [0.2, 0.25) is 0 Å². The zero-order chi connectivity index (χ0) is 9.90. The fourth-order valence-electron chi connectivity index (χ4n) is 1.61. The molecule has 0 radical (unpaired) electrons. The summed E-state index contributed by atoms with van der Waals surface area (Å²) in [6.07, 6.45) is 6.01. The highest BCUT2D eigenvalue weighted by atomic mass is 32.2. The summed E-state index contributed by atoms with van der Waals surface area (Å²) in [6.45, 7) is 6.52. The van der Waals surface area contributed by atoms with Crippen LogP contribution in [-0.2, 0) is 0 Å². The van der Waals surface area contributed by atoms with Gasteiger partial charge in [0, 0.05) is 10.8 Å². The Labute approximate surface area is 86.2 Å². The molecule has 0 aliphatic carbocycles. The van der Waals surface area contributed by atoms with Crippen LogP contribution in [0.5, 0.6) is 0 Å². The van der Waals surface area contributed by atoms with Crippen LogP contribution in [0.3, 0.4) is 0 Å². The van der Waals surface area contributed by atoms with Crippen LogP contribution in [0, 0.1) is 5.92 Å². The van der Waals surface area contributed by atoms with Gasteiger partial charge in [0.25, 0.3) is 0 Å². The molecule has 2 heteroatoms. The number of rotatable bonds is 4. The zero-order valence-electron chi connectivity index (χ0n) is 8.92. The molecule has 76 valence electrons. The Morgan fingerprint density at radius 3 is 2.62 bits per heavy atom. The quantitative estimate of drug-likeness (QED) is 0.752. The molecule has 1 unspecified atom stereocenters. The van der Waals surface area contributed by atoms with Gasteiger partial charge in [-0.1, -0.05) is 19.4 Å². The first-order chi connectivity index (χ1) is 5.99. The highest BCUT2D eigenvalue weighted by Crippen LogP contribution is 2.33. The summed E-state index contributed by atoms with van der Waals surface area (Å²) >= 11 is 1.98. The number of nitrogens with two attached hydrogens (primary N) is 1. The molecule has 0 spiro atoms. The zero-order valence-corrected chi connectivity index (χ0v) is 9.73. The summed E-state index contributed by atoms with van der Waals surface area (Å²) in [7, 11) is 0. The monoisotopic (exact) mass is 199 g/mol. The maximum atomic E-state index is 5.93. The maximum Gasteiger partial charge on any atom is 0.0149 e. The van der Waals surface area contributed by atoms with Crippen molar-refractivity contribution in [3.63, 3.8) is 0 Å². The van der Waals surface area contributed by atoms with Gasteiger partial charge in [-0.3, -0.25) is 0 Å². The Hall–Kier alpha value is 0.0500. The molecule has 1 aliphatic rings. The molecule has 0 aromatic carbocycles. The van der Waals surface area contributed by atoms with E-state index >= 15 is 0 Å². The van der Waals surface area contributed by atoms with E-state index < -0.39 is 0 Å². The fraction of sp³-hybridized carbons (Fsp3) is 0.818. The average Bonchev–Trinajstić information content (AvgIpc) is 2.34. The molecule has 1 aliphatic heterocycles.